The number of anilines is 2. The van der Waals surface area contributed by atoms with Crippen molar-refractivity contribution in [3.63, 3.8) is 0 Å². The molecule has 0 fully saturated rings. The standard InChI is InChI=1S/C12H23N5/c1-3-9-17(4-2)10-8-14-11-6-5-7-12(15-11)16-13/h5-7H,3-4,8-10,13H2,1-2H3,(H2,14,15,16). The maximum absolute atomic E-state index is 5.31. The largest absolute Gasteiger partial charge is 0.369 e. The maximum atomic E-state index is 5.31. The molecule has 0 spiro atoms. The first kappa shape index (κ1) is 13.7. The van der Waals surface area contributed by atoms with E-state index in [4.69, 9.17) is 5.84 Å². The fraction of sp³-hybridized carbons (Fsp3) is 0.583. The van der Waals surface area contributed by atoms with Crippen LogP contribution in [0.3, 0.4) is 0 Å². The molecule has 1 aromatic heterocycles. The highest BCUT2D eigenvalue weighted by molar-refractivity contribution is 5.44. The molecular formula is C12H23N5. The van der Waals surface area contributed by atoms with Crippen LogP contribution in [0.5, 0.6) is 0 Å². The Morgan fingerprint density at radius 2 is 2.00 bits per heavy atom. The molecule has 0 aliphatic carbocycles. The van der Waals surface area contributed by atoms with Gasteiger partial charge >= 0.3 is 0 Å². The summed E-state index contributed by atoms with van der Waals surface area (Å²) in [6, 6.07) is 5.70. The van der Waals surface area contributed by atoms with Crippen LogP contribution in [0, 0.1) is 0 Å². The molecule has 1 aromatic rings. The number of hydrogen-bond donors (Lipinski definition) is 3. The lowest BCUT2D eigenvalue weighted by Crippen LogP contribution is -2.29. The second-order valence-corrected chi connectivity index (χ2v) is 3.91. The van der Waals surface area contributed by atoms with Gasteiger partial charge in [0.15, 0.2) is 0 Å². The van der Waals surface area contributed by atoms with Gasteiger partial charge in [0.1, 0.15) is 11.6 Å². The average molecular weight is 237 g/mol. The number of nitrogens with two attached hydrogens (primary N) is 1. The summed E-state index contributed by atoms with van der Waals surface area (Å²) in [4.78, 5) is 6.71. The lowest BCUT2D eigenvalue weighted by Gasteiger charge is -2.19. The van der Waals surface area contributed by atoms with E-state index in [1.165, 1.54) is 6.42 Å². The molecule has 0 amide bonds. The van der Waals surface area contributed by atoms with Crippen LogP contribution in [-0.4, -0.2) is 36.1 Å². The van der Waals surface area contributed by atoms with Crippen LogP contribution in [-0.2, 0) is 0 Å². The van der Waals surface area contributed by atoms with E-state index in [1.54, 1.807) is 0 Å². The molecular weight excluding hydrogens is 214 g/mol. The fourth-order valence-corrected chi connectivity index (χ4v) is 1.70. The van der Waals surface area contributed by atoms with E-state index in [0.29, 0.717) is 5.82 Å². The molecule has 0 radical (unpaired) electrons. The van der Waals surface area contributed by atoms with E-state index in [9.17, 15) is 0 Å². The molecule has 1 heterocycles. The van der Waals surface area contributed by atoms with Crippen molar-refractivity contribution in [3.8, 4) is 0 Å². The molecule has 4 N–H and O–H groups in total. The van der Waals surface area contributed by atoms with E-state index in [1.807, 2.05) is 18.2 Å². The summed E-state index contributed by atoms with van der Waals surface area (Å²) in [5.74, 6) is 6.84. The van der Waals surface area contributed by atoms with Crippen molar-refractivity contribution in [2.45, 2.75) is 20.3 Å². The SMILES string of the molecule is CCCN(CC)CCNc1cccc(NN)n1. The number of likely N-dealkylation sites (N-methyl/N-ethyl adjacent to an activating group) is 1. The van der Waals surface area contributed by atoms with Gasteiger partial charge in [0.05, 0.1) is 0 Å². The van der Waals surface area contributed by atoms with Crippen molar-refractivity contribution in [2.75, 3.05) is 36.9 Å². The van der Waals surface area contributed by atoms with Gasteiger partial charge in [-0.15, -0.1) is 0 Å². The Morgan fingerprint density at radius 1 is 1.24 bits per heavy atom. The van der Waals surface area contributed by atoms with Gasteiger partial charge in [-0.1, -0.05) is 19.9 Å². The minimum absolute atomic E-state index is 0.677. The van der Waals surface area contributed by atoms with Gasteiger partial charge in [0, 0.05) is 13.1 Å². The first-order valence-corrected chi connectivity index (χ1v) is 6.20. The number of rotatable bonds is 8. The van der Waals surface area contributed by atoms with E-state index >= 15 is 0 Å². The number of pyridine rings is 1. The number of nitrogen functional groups attached to an aromatic ring is 1. The van der Waals surface area contributed by atoms with Gasteiger partial charge in [-0.05, 0) is 31.6 Å². The highest BCUT2D eigenvalue weighted by Crippen LogP contribution is 2.07. The summed E-state index contributed by atoms with van der Waals surface area (Å²) in [5, 5.41) is 3.29. The Hall–Kier alpha value is -1.33. The Labute approximate surface area is 103 Å². The number of aromatic nitrogens is 1. The third kappa shape index (κ3) is 5.01. The summed E-state index contributed by atoms with van der Waals surface area (Å²) in [6.07, 6.45) is 1.19. The van der Waals surface area contributed by atoms with Crippen molar-refractivity contribution in [1.29, 1.82) is 0 Å². The quantitative estimate of drug-likeness (QED) is 0.472. The molecule has 0 aromatic carbocycles. The van der Waals surface area contributed by atoms with Gasteiger partial charge in [0.2, 0.25) is 0 Å². The number of nitrogens with zero attached hydrogens (tertiary/aromatic N) is 2. The molecule has 0 saturated heterocycles. The van der Waals surface area contributed by atoms with E-state index in [2.05, 4.69) is 34.5 Å². The molecule has 17 heavy (non-hydrogen) atoms. The zero-order chi connectivity index (χ0) is 12.5. The predicted molar refractivity (Wildman–Crippen MR) is 72.9 cm³/mol. The molecule has 0 atom stereocenters. The molecule has 96 valence electrons. The molecule has 0 bridgehead atoms. The summed E-state index contributed by atoms with van der Waals surface area (Å²) in [5.41, 5.74) is 2.54. The van der Waals surface area contributed by atoms with Crippen molar-refractivity contribution in [1.82, 2.24) is 9.88 Å². The monoisotopic (exact) mass is 237 g/mol. The normalized spacial score (nSPS) is 10.6. The van der Waals surface area contributed by atoms with Gasteiger partial charge < -0.3 is 15.6 Å². The molecule has 1 rings (SSSR count). The van der Waals surface area contributed by atoms with Crippen LogP contribution >= 0.6 is 0 Å². The Bertz CT molecular complexity index is 316. The summed E-state index contributed by atoms with van der Waals surface area (Å²) in [7, 11) is 0. The Morgan fingerprint density at radius 3 is 2.65 bits per heavy atom. The summed E-state index contributed by atoms with van der Waals surface area (Å²) < 4.78 is 0. The zero-order valence-corrected chi connectivity index (χ0v) is 10.7. The first-order chi connectivity index (χ1) is 8.30. The van der Waals surface area contributed by atoms with Gasteiger partial charge in [-0.2, -0.15) is 0 Å². The highest BCUT2D eigenvalue weighted by Gasteiger charge is 2.00. The van der Waals surface area contributed by atoms with E-state index in [-0.39, 0.29) is 0 Å². The molecule has 0 saturated carbocycles. The Balaban J connectivity index is 2.34. The van der Waals surface area contributed by atoms with Crippen LogP contribution in [0.25, 0.3) is 0 Å². The number of hydrogen-bond acceptors (Lipinski definition) is 5. The van der Waals surface area contributed by atoms with Crippen LogP contribution in [0.2, 0.25) is 0 Å². The maximum Gasteiger partial charge on any atom is 0.142 e. The third-order valence-corrected chi connectivity index (χ3v) is 2.62. The molecule has 5 nitrogen and oxygen atoms in total. The van der Waals surface area contributed by atoms with Crippen LogP contribution in [0.4, 0.5) is 11.6 Å². The van der Waals surface area contributed by atoms with Crippen LogP contribution < -0.4 is 16.6 Å². The predicted octanol–water partition coefficient (Wildman–Crippen LogP) is 1.51. The van der Waals surface area contributed by atoms with Crippen molar-refractivity contribution < 1.29 is 0 Å². The van der Waals surface area contributed by atoms with E-state index < -0.39 is 0 Å². The number of hydrazine groups is 1. The van der Waals surface area contributed by atoms with Crippen LogP contribution in [0.15, 0.2) is 18.2 Å². The van der Waals surface area contributed by atoms with Gasteiger partial charge in [-0.25, -0.2) is 10.8 Å². The van der Waals surface area contributed by atoms with Gasteiger partial charge in [0.25, 0.3) is 0 Å². The molecule has 0 unspecified atom stereocenters. The van der Waals surface area contributed by atoms with Crippen molar-refractivity contribution in [3.05, 3.63) is 18.2 Å². The first-order valence-electron chi connectivity index (χ1n) is 6.20. The van der Waals surface area contributed by atoms with Crippen LogP contribution in [0.1, 0.15) is 20.3 Å². The van der Waals surface area contributed by atoms with Gasteiger partial charge in [-0.3, -0.25) is 0 Å². The minimum Gasteiger partial charge on any atom is -0.369 e. The summed E-state index contributed by atoms with van der Waals surface area (Å²) in [6.45, 7) is 8.56. The zero-order valence-electron chi connectivity index (χ0n) is 10.7. The highest BCUT2D eigenvalue weighted by atomic mass is 15.3. The molecule has 0 aliphatic heterocycles. The second-order valence-electron chi connectivity index (χ2n) is 3.91. The van der Waals surface area contributed by atoms with Crippen molar-refractivity contribution in [2.24, 2.45) is 5.84 Å². The molecule has 5 heteroatoms. The van der Waals surface area contributed by atoms with E-state index in [0.717, 1.165) is 32.0 Å². The lowest BCUT2D eigenvalue weighted by molar-refractivity contribution is 0.300. The minimum atomic E-state index is 0.677. The molecule has 0 aliphatic rings. The second kappa shape index (κ2) is 7.86. The fourth-order valence-electron chi connectivity index (χ4n) is 1.70. The van der Waals surface area contributed by atoms with Crippen molar-refractivity contribution >= 4 is 11.6 Å². The lowest BCUT2D eigenvalue weighted by atomic mass is 10.4. The summed E-state index contributed by atoms with van der Waals surface area (Å²) >= 11 is 0. The average Bonchev–Trinajstić information content (AvgIpc) is 2.38. The topological polar surface area (TPSA) is 66.2 Å². The smallest absolute Gasteiger partial charge is 0.142 e. The third-order valence-electron chi connectivity index (χ3n) is 2.62. The number of nitrogens with one attached hydrogen (secondary N) is 2. The Kier molecular flexibility index (Phi) is 6.35.